The van der Waals surface area contributed by atoms with E-state index in [-0.39, 0.29) is 0 Å². The summed E-state index contributed by atoms with van der Waals surface area (Å²) in [5.41, 5.74) is 1.99. The van der Waals surface area contributed by atoms with Gasteiger partial charge in [-0.1, -0.05) is 19.1 Å². The van der Waals surface area contributed by atoms with E-state index in [4.69, 9.17) is 0 Å². The van der Waals surface area contributed by atoms with E-state index in [1.165, 1.54) is 11.8 Å². The van der Waals surface area contributed by atoms with Gasteiger partial charge in [0.1, 0.15) is 10.8 Å². The third-order valence-corrected chi connectivity index (χ3v) is 3.53. The van der Waals surface area contributed by atoms with Crippen molar-refractivity contribution in [3.8, 4) is 0 Å². The Kier molecular flexibility index (Phi) is 3.83. The van der Waals surface area contributed by atoms with E-state index in [1.807, 2.05) is 24.3 Å². The zero-order valence-corrected chi connectivity index (χ0v) is 11.9. The summed E-state index contributed by atoms with van der Waals surface area (Å²) < 4.78 is 0. The van der Waals surface area contributed by atoms with Crippen LogP contribution >= 0.6 is 11.8 Å². The summed E-state index contributed by atoms with van der Waals surface area (Å²) >= 11 is 1.48. The first-order chi connectivity index (χ1) is 9.85. The molecule has 0 spiro atoms. The second-order valence-corrected chi connectivity index (χ2v) is 5.34. The molecule has 0 bridgehead atoms. The van der Waals surface area contributed by atoms with Gasteiger partial charge in [-0.2, -0.15) is 0 Å². The number of anilines is 1. The quantitative estimate of drug-likeness (QED) is 0.752. The molecular weight excluding hydrogens is 270 g/mol. The minimum atomic E-state index is 0.799. The predicted octanol–water partition coefficient (Wildman–Crippen LogP) is 3.33. The highest BCUT2D eigenvalue weighted by Gasteiger charge is 2.06. The maximum atomic E-state index is 4.52. The third-order valence-electron chi connectivity index (χ3n) is 2.74. The fourth-order valence-corrected chi connectivity index (χ4v) is 2.57. The van der Waals surface area contributed by atoms with Gasteiger partial charge in [0.15, 0.2) is 5.16 Å². The van der Waals surface area contributed by atoms with Crippen molar-refractivity contribution in [2.24, 2.45) is 0 Å². The molecule has 0 saturated heterocycles. The Labute approximate surface area is 121 Å². The molecule has 0 saturated carbocycles. The molecule has 1 aromatic carbocycles. The molecule has 0 aliphatic rings. The van der Waals surface area contributed by atoms with Crippen LogP contribution in [0.2, 0.25) is 0 Å². The number of nitrogens with one attached hydrogen (secondary N) is 2. The van der Waals surface area contributed by atoms with Crippen molar-refractivity contribution < 1.29 is 0 Å². The van der Waals surface area contributed by atoms with Crippen LogP contribution < -0.4 is 5.32 Å². The van der Waals surface area contributed by atoms with E-state index in [2.05, 4.69) is 32.2 Å². The smallest absolute Gasteiger partial charge is 0.172 e. The lowest BCUT2D eigenvalue weighted by molar-refractivity contribution is 0.946. The average Bonchev–Trinajstić information content (AvgIpc) is 2.87. The van der Waals surface area contributed by atoms with E-state index in [9.17, 15) is 0 Å². The molecule has 0 unspecified atom stereocenters. The highest BCUT2D eigenvalue weighted by atomic mass is 32.2. The second-order valence-electron chi connectivity index (χ2n) is 4.33. The zero-order chi connectivity index (χ0) is 13.8. The van der Waals surface area contributed by atoms with Crippen LogP contribution in [0.25, 0.3) is 11.0 Å². The van der Waals surface area contributed by atoms with Crippen LogP contribution in [-0.4, -0.2) is 26.5 Å². The normalized spacial score (nSPS) is 10.8. The van der Waals surface area contributed by atoms with Gasteiger partial charge in [0.2, 0.25) is 0 Å². The molecule has 2 heterocycles. The van der Waals surface area contributed by atoms with Crippen LogP contribution in [-0.2, 0) is 0 Å². The topological polar surface area (TPSA) is 66.5 Å². The Morgan fingerprint density at radius 2 is 2.10 bits per heavy atom. The van der Waals surface area contributed by atoms with Crippen LogP contribution in [0.3, 0.4) is 0 Å². The standard InChI is InChI=1S/C14H15N5S/c1-2-7-16-12-8-15-9-13(19-12)20-14-17-10-5-3-4-6-11(10)18-14/h3-6,8-9H,2,7H2,1H3,(H,16,19)(H,17,18). The van der Waals surface area contributed by atoms with Crippen molar-refractivity contribution in [3.63, 3.8) is 0 Å². The molecule has 0 aliphatic carbocycles. The summed E-state index contributed by atoms with van der Waals surface area (Å²) in [4.78, 5) is 16.5. The van der Waals surface area contributed by atoms with Crippen molar-refractivity contribution in [3.05, 3.63) is 36.7 Å². The van der Waals surface area contributed by atoms with Crippen LogP contribution in [0.5, 0.6) is 0 Å². The van der Waals surface area contributed by atoms with Gasteiger partial charge in [0.05, 0.1) is 23.4 Å². The van der Waals surface area contributed by atoms with Crippen molar-refractivity contribution in [2.75, 3.05) is 11.9 Å². The molecule has 3 aromatic rings. The Bertz CT molecular complexity index is 676. The largest absolute Gasteiger partial charge is 0.369 e. The number of hydrogen-bond acceptors (Lipinski definition) is 5. The fraction of sp³-hybridized carbons (Fsp3) is 0.214. The lowest BCUT2D eigenvalue weighted by Gasteiger charge is -2.04. The molecule has 2 aromatic heterocycles. The number of aromatic nitrogens is 4. The van der Waals surface area contributed by atoms with Crippen LogP contribution in [0.1, 0.15) is 13.3 Å². The summed E-state index contributed by atoms with van der Waals surface area (Å²) in [7, 11) is 0. The predicted molar refractivity (Wildman–Crippen MR) is 81.0 cm³/mol. The molecule has 6 heteroatoms. The summed E-state index contributed by atoms with van der Waals surface area (Å²) in [6.45, 7) is 3.01. The van der Waals surface area contributed by atoms with E-state index >= 15 is 0 Å². The number of nitrogens with zero attached hydrogens (tertiary/aromatic N) is 3. The third kappa shape index (κ3) is 2.91. The minimum Gasteiger partial charge on any atom is -0.369 e. The Morgan fingerprint density at radius 3 is 2.95 bits per heavy atom. The van der Waals surface area contributed by atoms with Crippen LogP contribution in [0.4, 0.5) is 5.82 Å². The monoisotopic (exact) mass is 285 g/mol. The first kappa shape index (κ1) is 12.9. The van der Waals surface area contributed by atoms with Crippen LogP contribution in [0, 0.1) is 0 Å². The van der Waals surface area contributed by atoms with Crippen molar-refractivity contribution in [1.82, 2.24) is 19.9 Å². The van der Waals surface area contributed by atoms with Gasteiger partial charge in [0.25, 0.3) is 0 Å². The van der Waals surface area contributed by atoms with E-state index in [0.29, 0.717) is 0 Å². The van der Waals surface area contributed by atoms with Gasteiger partial charge in [-0.25, -0.2) is 9.97 Å². The lowest BCUT2D eigenvalue weighted by Crippen LogP contribution is -2.02. The molecule has 0 fully saturated rings. The number of H-pyrrole nitrogens is 1. The SMILES string of the molecule is CCCNc1cncc(Sc2nc3ccccc3[nH]2)n1. The van der Waals surface area contributed by atoms with Crippen LogP contribution in [0.15, 0.2) is 46.8 Å². The molecular formula is C14H15N5S. The summed E-state index contributed by atoms with van der Waals surface area (Å²) in [6.07, 6.45) is 4.54. The number of fused-ring (bicyclic) bond motifs is 1. The molecule has 3 rings (SSSR count). The van der Waals surface area contributed by atoms with E-state index in [0.717, 1.165) is 40.0 Å². The number of para-hydroxylation sites is 2. The summed E-state index contributed by atoms with van der Waals surface area (Å²) in [5.74, 6) is 0.799. The minimum absolute atomic E-state index is 0.799. The maximum Gasteiger partial charge on any atom is 0.172 e. The van der Waals surface area contributed by atoms with Crippen molar-refractivity contribution in [2.45, 2.75) is 23.5 Å². The molecule has 2 N–H and O–H groups in total. The summed E-state index contributed by atoms with van der Waals surface area (Å²) in [6, 6.07) is 7.97. The molecule has 20 heavy (non-hydrogen) atoms. The van der Waals surface area contributed by atoms with Gasteiger partial charge >= 0.3 is 0 Å². The molecule has 0 amide bonds. The summed E-state index contributed by atoms with van der Waals surface area (Å²) in [5, 5.41) is 4.88. The van der Waals surface area contributed by atoms with Gasteiger partial charge in [-0.05, 0) is 30.3 Å². The number of hydrogen-bond donors (Lipinski definition) is 2. The van der Waals surface area contributed by atoms with Crippen molar-refractivity contribution in [1.29, 1.82) is 0 Å². The number of aromatic amines is 1. The highest BCUT2D eigenvalue weighted by molar-refractivity contribution is 7.99. The Morgan fingerprint density at radius 1 is 1.20 bits per heavy atom. The fourth-order valence-electron chi connectivity index (χ4n) is 1.81. The highest BCUT2D eigenvalue weighted by Crippen LogP contribution is 2.25. The molecule has 0 atom stereocenters. The number of imidazole rings is 1. The second kappa shape index (κ2) is 5.92. The van der Waals surface area contributed by atoms with E-state index in [1.54, 1.807) is 12.4 Å². The zero-order valence-electron chi connectivity index (χ0n) is 11.1. The van der Waals surface area contributed by atoms with E-state index < -0.39 is 0 Å². The Balaban J connectivity index is 1.79. The number of benzene rings is 1. The van der Waals surface area contributed by atoms with Crippen molar-refractivity contribution >= 4 is 28.6 Å². The number of rotatable bonds is 5. The average molecular weight is 285 g/mol. The molecule has 5 nitrogen and oxygen atoms in total. The maximum absolute atomic E-state index is 4.52. The molecule has 0 aliphatic heterocycles. The van der Waals surface area contributed by atoms with Gasteiger partial charge in [0, 0.05) is 6.54 Å². The molecule has 0 radical (unpaired) electrons. The molecule has 102 valence electrons. The Hall–Kier alpha value is -2.08. The van der Waals surface area contributed by atoms with Gasteiger partial charge in [-0.15, -0.1) is 0 Å². The first-order valence-corrected chi connectivity index (χ1v) is 7.35. The van der Waals surface area contributed by atoms with Gasteiger partial charge in [-0.3, -0.25) is 4.98 Å². The van der Waals surface area contributed by atoms with Gasteiger partial charge < -0.3 is 10.3 Å². The lowest BCUT2D eigenvalue weighted by atomic mass is 10.3. The first-order valence-electron chi connectivity index (χ1n) is 6.53.